The minimum absolute atomic E-state index is 0.172. The van der Waals surface area contributed by atoms with Crippen LogP contribution in [0, 0.1) is 10.1 Å². The van der Waals surface area contributed by atoms with Gasteiger partial charge in [-0.2, -0.15) is 0 Å². The average molecular weight is 258 g/mol. The zero-order valence-corrected chi connectivity index (χ0v) is 9.98. The molecule has 76 valence electrons. The van der Waals surface area contributed by atoms with Crippen LogP contribution in [-0.2, 0) is 5.32 Å². The zero-order valence-electron chi connectivity index (χ0n) is 8.27. The number of hydrogen-bond acceptors (Lipinski definition) is 2. The van der Waals surface area contributed by atoms with Crippen LogP contribution in [0.1, 0.15) is 19.4 Å². The van der Waals surface area contributed by atoms with Crippen LogP contribution in [0.2, 0.25) is 4.82 Å². The molecule has 0 heterocycles. The normalized spacial score (nSPS) is 10.5. The van der Waals surface area contributed by atoms with Crippen LogP contribution < -0.4 is 0 Å². The van der Waals surface area contributed by atoms with Gasteiger partial charge in [-0.25, -0.2) is 0 Å². The number of rotatable bonds is 4. The van der Waals surface area contributed by atoms with Crippen LogP contribution in [0.25, 0.3) is 0 Å². The van der Waals surface area contributed by atoms with Gasteiger partial charge in [-0.3, -0.25) is 0 Å². The Balaban J connectivity index is 2.60. The molecule has 0 bridgehead atoms. The number of non-ortho nitro benzene ring substituents is 1. The van der Waals surface area contributed by atoms with Gasteiger partial charge < -0.3 is 0 Å². The summed E-state index contributed by atoms with van der Waals surface area (Å²) in [5.41, 5.74) is 1.37. The van der Waals surface area contributed by atoms with E-state index in [2.05, 4.69) is 13.8 Å². The summed E-state index contributed by atoms with van der Waals surface area (Å²) in [5, 5.41) is 11.4. The standard InChI is InChI=1S/C10H13NO2Se/c1-8(2)14-7-9-3-5-10(6-4-9)11(12)13/h3-6,8H,7H2,1-2H3. The molecular weight excluding hydrogens is 245 g/mol. The van der Waals surface area contributed by atoms with Gasteiger partial charge in [0.25, 0.3) is 0 Å². The van der Waals surface area contributed by atoms with Gasteiger partial charge in [0.1, 0.15) is 0 Å². The maximum absolute atomic E-state index is 10.4. The van der Waals surface area contributed by atoms with Gasteiger partial charge in [0.15, 0.2) is 0 Å². The van der Waals surface area contributed by atoms with E-state index in [1.54, 1.807) is 12.1 Å². The molecule has 0 aliphatic heterocycles. The molecule has 0 saturated carbocycles. The molecule has 4 heteroatoms. The number of benzene rings is 1. The van der Waals surface area contributed by atoms with Crippen LogP contribution in [0.3, 0.4) is 0 Å². The molecule has 3 nitrogen and oxygen atoms in total. The van der Waals surface area contributed by atoms with E-state index in [1.165, 1.54) is 5.56 Å². The molecule has 0 N–H and O–H groups in total. The maximum atomic E-state index is 10.4. The number of nitro groups is 1. The second-order valence-electron chi connectivity index (χ2n) is 3.28. The van der Waals surface area contributed by atoms with E-state index in [1.807, 2.05) is 12.1 Å². The van der Waals surface area contributed by atoms with E-state index in [-0.39, 0.29) is 10.6 Å². The quantitative estimate of drug-likeness (QED) is 0.473. The van der Waals surface area contributed by atoms with Crippen LogP contribution in [0.4, 0.5) is 5.69 Å². The number of hydrogen-bond donors (Lipinski definition) is 0. The van der Waals surface area contributed by atoms with Crippen molar-refractivity contribution < 1.29 is 4.92 Å². The average Bonchev–Trinajstić information content (AvgIpc) is 2.15. The first-order valence-corrected chi connectivity index (χ1v) is 6.64. The van der Waals surface area contributed by atoms with Gasteiger partial charge in [0, 0.05) is 0 Å². The summed E-state index contributed by atoms with van der Waals surface area (Å²) >= 11 is 0.593. The molecule has 0 radical (unpaired) electrons. The van der Waals surface area contributed by atoms with Gasteiger partial charge in [-0.05, 0) is 0 Å². The summed E-state index contributed by atoms with van der Waals surface area (Å²) in [7, 11) is 0. The first-order valence-electron chi connectivity index (χ1n) is 4.44. The van der Waals surface area contributed by atoms with E-state index in [4.69, 9.17) is 0 Å². The van der Waals surface area contributed by atoms with Crippen molar-refractivity contribution >= 4 is 20.6 Å². The third kappa shape index (κ3) is 3.48. The van der Waals surface area contributed by atoms with Gasteiger partial charge >= 0.3 is 89.5 Å². The SMILES string of the molecule is CC(C)[Se]Cc1ccc([N+](=O)[O-])cc1. The summed E-state index contributed by atoms with van der Waals surface area (Å²) in [6, 6.07) is 6.85. The van der Waals surface area contributed by atoms with Crippen LogP contribution in [-0.4, -0.2) is 19.9 Å². The Morgan fingerprint density at radius 1 is 1.36 bits per heavy atom. The van der Waals surface area contributed by atoms with Crippen molar-refractivity contribution in [3.8, 4) is 0 Å². The molecule has 0 amide bonds. The number of nitrogens with zero attached hydrogens (tertiary/aromatic N) is 1. The minimum atomic E-state index is -0.364. The van der Waals surface area contributed by atoms with Crippen molar-refractivity contribution in [3.63, 3.8) is 0 Å². The van der Waals surface area contributed by atoms with E-state index in [0.29, 0.717) is 15.0 Å². The molecule has 0 aliphatic rings. The van der Waals surface area contributed by atoms with Crippen LogP contribution >= 0.6 is 0 Å². The second kappa shape index (κ2) is 5.13. The van der Waals surface area contributed by atoms with Crippen molar-refractivity contribution in [2.45, 2.75) is 24.0 Å². The van der Waals surface area contributed by atoms with Crippen molar-refractivity contribution in [2.75, 3.05) is 0 Å². The summed E-state index contributed by atoms with van der Waals surface area (Å²) < 4.78 is 0. The number of nitro benzene ring substituents is 1. The van der Waals surface area contributed by atoms with Gasteiger partial charge in [-0.15, -0.1) is 0 Å². The van der Waals surface area contributed by atoms with Gasteiger partial charge in [0.2, 0.25) is 0 Å². The molecule has 0 saturated heterocycles. The summed E-state index contributed by atoms with van der Waals surface area (Å²) in [5.74, 6) is 0. The molecule has 14 heavy (non-hydrogen) atoms. The van der Waals surface area contributed by atoms with Crippen molar-refractivity contribution in [3.05, 3.63) is 39.9 Å². The molecule has 0 unspecified atom stereocenters. The Morgan fingerprint density at radius 3 is 2.36 bits per heavy atom. The zero-order chi connectivity index (χ0) is 10.6. The van der Waals surface area contributed by atoms with E-state index in [0.717, 1.165) is 10.1 Å². The van der Waals surface area contributed by atoms with Gasteiger partial charge in [-0.1, -0.05) is 0 Å². The summed E-state index contributed by atoms with van der Waals surface area (Å²) in [6.45, 7) is 4.40. The molecular formula is C10H13NO2Se. The fourth-order valence-corrected chi connectivity index (χ4v) is 2.48. The fraction of sp³-hybridized carbons (Fsp3) is 0.400. The van der Waals surface area contributed by atoms with E-state index < -0.39 is 0 Å². The first kappa shape index (κ1) is 11.2. The van der Waals surface area contributed by atoms with Crippen molar-refractivity contribution in [1.82, 2.24) is 0 Å². The van der Waals surface area contributed by atoms with Gasteiger partial charge in [0.05, 0.1) is 0 Å². The fourth-order valence-electron chi connectivity index (χ4n) is 0.977. The third-order valence-electron chi connectivity index (χ3n) is 1.73. The van der Waals surface area contributed by atoms with Crippen LogP contribution in [0.5, 0.6) is 0 Å². The summed E-state index contributed by atoms with van der Waals surface area (Å²) in [4.78, 5) is 10.8. The predicted molar refractivity (Wildman–Crippen MR) is 57.7 cm³/mol. The van der Waals surface area contributed by atoms with E-state index >= 15 is 0 Å². The van der Waals surface area contributed by atoms with Crippen LogP contribution in [0.15, 0.2) is 24.3 Å². The molecule has 0 aliphatic carbocycles. The Bertz CT molecular complexity index is 308. The first-order chi connectivity index (χ1) is 6.59. The Hall–Kier alpha value is -0.861. The monoisotopic (exact) mass is 259 g/mol. The molecule has 1 aromatic carbocycles. The molecule has 0 atom stereocenters. The Labute approximate surface area is 89.8 Å². The third-order valence-corrected chi connectivity index (χ3v) is 4.18. The predicted octanol–water partition coefficient (Wildman–Crippen LogP) is 2.63. The molecule has 0 spiro atoms. The van der Waals surface area contributed by atoms with Crippen molar-refractivity contribution in [2.24, 2.45) is 0 Å². The summed E-state index contributed by atoms with van der Waals surface area (Å²) in [6.07, 6.45) is 0. The van der Waals surface area contributed by atoms with Crippen molar-refractivity contribution in [1.29, 1.82) is 0 Å². The topological polar surface area (TPSA) is 43.1 Å². The molecule has 0 aromatic heterocycles. The Kier molecular flexibility index (Phi) is 4.11. The molecule has 1 aromatic rings. The Morgan fingerprint density at radius 2 is 1.93 bits per heavy atom. The second-order valence-corrected chi connectivity index (χ2v) is 6.57. The molecule has 1 rings (SSSR count). The van der Waals surface area contributed by atoms with E-state index in [9.17, 15) is 10.1 Å². The molecule has 0 fully saturated rings.